The highest BCUT2D eigenvalue weighted by Gasteiger charge is 2.18. The molecule has 0 aliphatic carbocycles. The van der Waals surface area contributed by atoms with Crippen LogP contribution in [0, 0.1) is 6.92 Å². The Balaban J connectivity index is 1.60. The zero-order chi connectivity index (χ0) is 20.2. The van der Waals surface area contributed by atoms with Gasteiger partial charge in [0.25, 0.3) is 0 Å². The van der Waals surface area contributed by atoms with E-state index in [4.69, 9.17) is 11.6 Å². The summed E-state index contributed by atoms with van der Waals surface area (Å²) >= 11 is 8.72. The van der Waals surface area contributed by atoms with Gasteiger partial charge in [-0.15, -0.1) is 21.5 Å². The van der Waals surface area contributed by atoms with Gasteiger partial charge in [0.05, 0.1) is 11.4 Å². The molecule has 3 heterocycles. The van der Waals surface area contributed by atoms with Gasteiger partial charge in [-0.2, -0.15) is 0 Å². The lowest BCUT2D eigenvalue weighted by Crippen LogP contribution is -2.14. The van der Waals surface area contributed by atoms with E-state index >= 15 is 0 Å². The Morgan fingerprint density at radius 2 is 2.03 bits per heavy atom. The number of rotatable bonds is 6. The summed E-state index contributed by atoms with van der Waals surface area (Å²) in [5, 5.41) is 15.1. The molecular formula is C19H15ClN6OS2. The second-order valence-corrected chi connectivity index (χ2v) is 8.20. The highest BCUT2D eigenvalue weighted by Crippen LogP contribution is 2.28. The third kappa shape index (κ3) is 4.64. The second kappa shape index (κ2) is 8.73. The van der Waals surface area contributed by atoms with E-state index in [0.29, 0.717) is 26.8 Å². The molecule has 7 nitrogen and oxygen atoms in total. The molecule has 0 saturated heterocycles. The van der Waals surface area contributed by atoms with Crippen molar-refractivity contribution in [2.75, 3.05) is 11.1 Å². The van der Waals surface area contributed by atoms with Crippen LogP contribution < -0.4 is 5.32 Å². The van der Waals surface area contributed by atoms with Crippen LogP contribution in [0.3, 0.4) is 0 Å². The molecule has 0 radical (unpaired) electrons. The van der Waals surface area contributed by atoms with Crippen LogP contribution in [0.2, 0.25) is 5.02 Å². The maximum Gasteiger partial charge on any atom is 0.236 e. The van der Waals surface area contributed by atoms with E-state index in [2.05, 4.69) is 25.5 Å². The normalized spacial score (nSPS) is 10.8. The number of halogens is 1. The number of hydrogen-bond donors (Lipinski definition) is 1. The molecule has 1 amide bonds. The van der Waals surface area contributed by atoms with Crippen molar-refractivity contribution in [3.8, 4) is 17.2 Å². The van der Waals surface area contributed by atoms with Crippen LogP contribution in [0.25, 0.3) is 17.2 Å². The van der Waals surface area contributed by atoms with E-state index in [-0.39, 0.29) is 11.7 Å². The van der Waals surface area contributed by atoms with E-state index < -0.39 is 0 Å². The number of hydrogen-bond acceptors (Lipinski definition) is 7. The van der Waals surface area contributed by atoms with E-state index in [1.807, 2.05) is 47.2 Å². The van der Waals surface area contributed by atoms with Crippen LogP contribution >= 0.6 is 34.7 Å². The number of pyridine rings is 1. The summed E-state index contributed by atoms with van der Waals surface area (Å²) in [7, 11) is 0. The largest absolute Gasteiger partial charge is 0.301 e. The van der Waals surface area contributed by atoms with Crippen molar-refractivity contribution in [2.24, 2.45) is 0 Å². The summed E-state index contributed by atoms with van der Waals surface area (Å²) in [5.41, 5.74) is 2.39. The summed E-state index contributed by atoms with van der Waals surface area (Å²) in [5.74, 6) is 0.604. The van der Waals surface area contributed by atoms with Gasteiger partial charge in [-0.3, -0.25) is 14.3 Å². The summed E-state index contributed by atoms with van der Waals surface area (Å²) in [4.78, 5) is 20.9. The average molecular weight is 443 g/mol. The predicted octanol–water partition coefficient (Wildman–Crippen LogP) is 4.48. The Bertz CT molecular complexity index is 1130. The zero-order valence-corrected chi connectivity index (χ0v) is 17.6. The SMILES string of the molecule is Cc1csc(NC(=O)CSc2nnc(-c3ccccn3)n2-c2ccc(Cl)cc2)n1. The molecule has 3 aromatic heterocycles. The van der Waals surface area contributed by atoms with E-state index in [1.165, 1.54) is 23.1 Å². The summed E-state index contributed by atoms with van der Waals surface area (Å²) in [6.45, 7) is 1.88. The van der Waals surface area contributed by atoms with Crippen molar-refractivity contribution in [3.05, 3.63) is 64.8 Å². The van der Waals surface area contributed by atoms with Gasteiger partial charge in [0, 0.05) is 22.3 Å². The predicted molar refractivity (Wildman–Crippen MR) is 116 cm³/mol. The number of anilines is 1. The summed E-state index contributed by atoms with van der Waals surface area (Å²) in [6.07, 6.45) is 1.70. The number of thioether (sulfide) groups is 1. The van der Waals surface area contributed by atoms with Gasteiger partial charge >= 0.3 is 0 Å². The van der Waals surface area contributed by atoms with Crippen molar-refractivity contribution in [1.82, 2.24) is 24.7 Å². The lowest BCUT2D eigenvalue weighted by Gasteiger charge is -2.10. The average Bonchev–Trinajstić information content (AvgIpc) is 3.34. The molecule has 0 spiro atoms. The maximum atomic E-state index is 12.3. The quantitative estimate of drug-likeness (QED) is 0.443. The van der Waals surface area contributed by atoms with Gasteiger partial charge in [0.15, 0.2) is 16.1 Å². The number of amides is 1. The minimum Gasteiger partial charge on any atom is -0.301 e. The minimum absolute atomic E-state index is 0.158. The first-order valence-corrected chi connectivity index (χ1v) is 10.8. The van der Waals surface area contributed by atoms with Gasteiger partial charge in [0.2, 0.25) is 5.91 Å². The number of carbonyl (C=O) groups excluding carboxylic acids is 1. The Morgan fingerprint density at radius 1 is 1.21 bits per heavy atom. The fourth-order valence-corrected chi connectivity index (χ4v) is 4.13. The molecule has 1 N–H and O–H groups in total. The van der Waals surface area contributed by atoms with Crippen molar-refractivity contribution in [2.45, 2.75) is 12.1 Å². The molecule has 29 heavy (non-hydrogen) atoms. The number of aryl methyl sites for hydroxylation is 1. The van der Waals surface area contributed by atoms with E-state index in [9.17, 15) is 4.79 Å². The summed E-state index contributed by atoms with van der Waals surface area (Å²) < 4.78 is 1.87. The smallest absolute Gasteiger partial charge is 0.236 e. The molecule has 4 rings (SSSR count). The number of carbonyl (C=O) groups is 1. The highest BCUT2D eigenvalue weighted by molar-refractivity contribution is 7.99. The molecule has 4 aromatic rings. The molecule has 0 saturated carbocycles. The topological polar surface area (TPSA) is 85.6 Å². The standard InChI is InChI=1S/C19H15ClN6OS2/c1-12-10-28-18(22-12)23-16(27)11-29-19-25-24-17(15-4-2-3-9-21-15)26(19)14-7-5-13(20)6-8-14/h2-10H,11H2,1H3,(H,22,23,27). The van der Waals surface area contributed by atoms with Crippen LogP contribution in [0.5, 0.6) is 0 Å². The van der Waals surface area contributed by atoms with Gasteiger partial charge < -0.3 is 5.32 Å². The van der Waals surface area contributed by atoms with Crippen molar-refractivity contribution in [1.29, 1.82) is 0 Å². The van der Waals surface area contributed by atoms with Crippen LogP contribution in [0.15, 0.2) is 59.2 Å². The highest BCUT2D eigenvalue weighted by atomic mass is 35.5. The summed E-state index contributed by atoms with van der Waals surface area (Å²) in [6, 6.07) is 12.9. The lowest BCUT2D eigenvalue weighted by atomic mass is 10.3. The van der Waals surface area contributed by atoms with E-state index in [1.54, 1.807) is 18.3 Å². The first kappa shape index (κ1) is 19.6. The molecule has 146 valence electrons. The van der Waals surface area contributed by atoms with Gasteiger partial charge in [-0.1, -0.05) is 29.4 Å². The molecule has 0 bridgehead atoms. The molecule has 10 heteroatoms. The number of aromatic nitrogens is 5. The van der Waals surface area contributed by atoms with Crippen molar-refractivity contribution >= 4 is 45.7 Å². The molecule has 0 aliphatic heterocycles. The molecule has 0 unspecified atom stereocenters. The molecule has 0 aliphatic rings. The Hall–Kier alpha value is -2.75. The van der Waals surface area contributed by atoms with E-state index in [0.717, 1.165) is 11.4 Å². The fraction of sp³-hybridized carbons (Fsp3) is 0.105. The molecular weight excluding hydrogens is 428 g/mol. The lowest BCUT2D eigenvalue weighted by molar-refractivity contribution is -0.113. The monoisotopic (exact) mass is 442 g/mol. The van der Waals surface area contributed by atoms with Crippen molar-refractivity contribution < 1.29 is 4.79 Å². The first-order valence-electron chi connectivity index (χ1n) is 8.58. The van der Waals surface area contributed by atoms with Crippen LogP contribution in [-0.4, -0.2) is 36.4 Å². The number of thiazole rings is 1. The van der Waals surface area contributed by atoms with Gasteiger partial charge in [0.1, 0.15) is 5.69 Å². The third-order valence-electron chi connectivity index (χ3n) is 3.81. The van der Waals surface area contributed by atoms with Gasteiger partial charge in [-0.05, 0) is 43.3 Å². The molecule has 0 fully saturated rings. The fourth-order valence-electron chi connectivity index (χ4n) is 2.54. The van der Waals surface area contributed by atoms with Crippen LogP contribution in [0.4, 0.5) is 5.13 Å². The van der Waals surface area contributed by atoms with Gasteiger partial charge in [-0.25, -0.2) is 4.98 Å². The van der Waals surface area contributed by atoms with Crippen molar-refractivity contribution in [3.63, 3.8) is 0 Å². The zero-order valence-electron chi connectivity index (χ0n) is 15.2. The Labute approximate surface area is 180 Å². The Morgan fingerprint density at radius 3 is 2.72 bits per heavy atom. The minimum atomic E-state index is -0.158. The molecule has 0 atom stereocenters. The van der Waals surface area contributed by atoms with Crippen LogP contribution in [-0.2, 0) is 4.79 Å². The first-order chi connectivity index (χ1) is 14.1. The van der Waals surface area contributed by atoms with Crippen LogP contribution in [0.1, 0.15) is 5.69 Å². The maximum absolute atomic E-state index is 12.3. The Kier molecular flexibility index (Phi) is 5.89. The third-order valence-corrected chi connectivity index (χ3v) is 5.87. The number of nitrogens with zero attached hydrogens (tertiary/aromatic N) is 5. The number of nitrogens with one attached hydrogen (secondary N) is 1. The number of benzene rings is 1. The second-order valence-electron chi connectivity index (χ2n) is 5.96. The molecule has 1 aromatic carbocycles.